The van der Waals surface area contributed by atoms with Crippen LogP contribution in [0.3, 0.4) is 0 Å². The van der Waals surface area contributed by atoms with Gasteiger partial charge in [-0.3, -0.25) is 4.79 Å². The van der Waals surface area contributed by atoms with Crippen molar-refractivity contribution in [2.75, 3.05) is 6.61 Å². The zero-order valence-corrected chi connectivity index (χ0v) is 15.6. The van der Waals surface area contributed by atoms with E-state index in [9.17, 15) is 9.18 Å². The second-order valence-corrected chi connectivity index (χ2v) is 6.61. The van der Waals surface area contributed by atoms with Crippen LogP contribution in [-0.4, -0.2) is 22.1 Å². The van der Waals surface area contributed by atoms with Crippen LogP contribution in [0.1, 0.15) is 17.4 Å². The lowest BCUT2D eigenvalue weighted by molar-refractivity contribution is -0.123. The number of hydrogen-bond donors (Lipinski definition) is 1. The summed E-state index contributed by atoms with van der Waals surface area (Å²) in [5.74, 6) is 0.476. The minimum absolute atomic E-state index is 0.160. The van der Waals surface area contributed by atoms with Crippen molar-refractivity contribution in [1.82, 2.24) is 14.9 Å². The number of nitrogens with zero attached hydrogens (tertiary/aromatic N) is 2. The lowest BCUT2D eigenvalue weighted by Gasteiger charge is -2.19. The number of nitrogens with one attached hydrogen (secondary N) is 1. The molecular formula is C19H17BrFN3O2. The molecule has 1 heterocycles. The quantitative estimate of drug-likeness (QED) is 0.666. The van der Waals surface area contributed by atoms with E-state index in [1.807, 2.05) is 19.2 Å². The highest BCUT2D eigenvalue weighted by atomic mass is 79.9. The van der Waals surface area contributed by atoms with Gasteiger partial charge in [0.05, 0.1) is 0 Å². The molecule has 1 amide bonds. The van der Waals surface area contributed by atoms with Crippen LogP contribution >= 0.6 is 15.9 Å². The standard InChI is InChI=1S/C19H17BrFN3O2/c1-24-9-8-22-19(24)18(13-4-2-6-15(21)10-13)23-17(25)12-26-16-7-3-5-14(20)11-16/h2-11,18H,12H2,1H3,(H,23,25)/t18-/m1/s1. The number of carbonyl (C=O) groups excluding carboxylic acids is 1. The third kappa shape index (κ3) is 4.49. The summed E-state index contributed by atoms with van der Waals surface area (Å²) in [5, 5.41) is 2.86. The zero-order valence-electron chi connectivity index (χ0n) is 14.0. The number of amides is 1. The number of rotatable bonds is 6. The fraction of sp³-hybridized carbons (Fsp3) is 0.158. The first-order valence-corrected chi connectivity index (χ1v) is 8.72. The first-order valence-electron chi connectivity index (χ1n) is 7.93. The van der Waals surface area contributed by atoms with Crippen LogP contribution in [0.15, 0.2) is 65.4 Å². The summed E-state index contributed by atoms with van der Waals surface area (Å²) in [6.45, 7) is -0.160. The number of carbonyl (C=O) groups is 1. The van der Waals surface area contributed by atoms with Crippen molar-refractivity contribution >= 4 is 21.8 Å². The molecule has 0 aliphatic heterocycles. The Balaban J connectivity index is 1.75. The SMILES string of the molecule is Cn1ccnc1[C@H](NC(=O)COc1cccc(Br)c1)c1cccc(F)c1. The van der Waals surface area contributed by atoms with Gasteiger partial charge in [0, 0.05) is 23.9 Å². The molecule has 0 saturated carbocycles. The van der Waals surface area contributed by atoms with Crippen molar-refractivity contribution in [1.29, 1.82) is 0 Å². The van der Waals surface area contributed by atoms with Gasteiger partial charge in [-0.05, 0) is 35.9 Å². The molecule has 0 aliphatic carbocycles. The van der Waals surface area contributed by atoms with Crippen LogP contribution in [0.4, 0.5) is 4.39 Å². The predicted molar refractivity (Wildman–Crippen MR) is 99.2 cm³/mol. The normalized spacial score (nSPS) is 11.8. The van der Waals surface area contributed by atoms with Crippen molar-refractivity contribution in [3.05, 3.63) is 82.6 Å². The summed E-state index contributed by atoms with van der Waals surface area (Å²) in [6, 6.07) is 12.7. The summed E-state index contributed by atoms with van der Waals surface area (Å²) in [4.78, 5) is 16.7. The first-order chi connectivity index (χ1) is 12.5. The van der Waals surface area contributed by atoms with Crippen LogP contribution in [0.5, 0.6) is 5.75 Å². The van der Waals surface area contributed by atoms with Crippen molar-refractivity contribution in [3.63, 3.8) is 0 Å². The molecule has 0 saturated heterocycles. The van der Waals surface area contributed by atoms with Gasteiger partial charge in [0.25, 0.3) is 5.91 Å². The molecule has 26 heavy (non-hydrogen) atoms. The van der Waals surface area contributed by atoms with Gasteiger partial charge in [0.2, 0.25) is 0 Å². The van der Waals surface area contributed by atoms with Gasteiger partial charge in [-0.2, -0.15) is 0 Å². The van der Waals surface area contributed by atoms with E-state index in [1.165, 1.54) is 12.1 Å². The summed E-state index contributed by atoms with van der Waals surface area (Å²) < 4.78 is 21.8. The minimum Gasteiger partial charge on any atom is -0.484 e. The molecule has 1 aromatic heterocycles. The van der Waals surface area contributed by atoms with Crippen molar-refractivity contribution in [2.24, 2.45) is 7.05 Å². The number of imidazole rings is 1. The van der Waals surface area contributed by atoms with Crippen molar-refractivity contribution in [3.8, 4) is 5.75 Å². The molecule has 1 N–H and O–H groups in total. The van der Waals surface area contributed by atoms with Crippen LogP contribution in [0.25, 0.3) is 0 Å². The zero-order chi connectivity index (χ0) is 18.5. The predicted octanol–water partition coefficient (Wildman–Crippen LogP) is 3.61. The molecule has 0 bridgehead atoms. The van der Waals surface area contributed by atoms with Gasteiger partial charge in [-0.25, -0.2) is 9.37 Å². The smallest absolute Gasteiger partial charge is 0.258 e. The van der Waals surface area contributed by atoms with Gasteiger partial charge in [-0.15, -0.1) is 0 Å². The maximum absolute atomic E-state index is 13.6. The van der Waals surface area contributed by atoms with E-state index in [0.717, 1.165) is 4.47 Å². The molecule has 134 valence electrons. The van der Waals surface area contributed by atoms with Crippen LogP contribution in [0, 0.1) is 5.82 Å². The number of benzene rings is 2. The van der Waals surface area contributed by atoms with E-state index < -0.39 is 6.04 Å². The molecule has 0 fully saturated rings. The fourth-order valence-electron chi connectivity index (χ4n) is 2.55. The fourth-order valence-corrected chi connectivity index (χ4v) is 2.92. The second kappa shape index (κ2) is 8.14. The Morgan fingerprint density at radius 2 is 2.12 bits per heavy atom. The van der Waals surface area contributed by atoms with Crippen molar-refractivity contribution < 1.29 is 13.9 Å². The molecule has 7 heteroatoms. The number of aryl methyl sites for hydroxylation is 1. The number of ether oxygens (including phenoxy) is 1. The number of halogens is 2. The molecule has 0 spiro atoms. The van der Waals surface area contributed by atoms with Gasteiger partial charge in [-0.1, -0.05) is 34.1 Å². The highest BCUT2D eigenvalue weighted by Gasteiger charge is 2.21. The summed E-state index contributed by atoms with van der Waals surface area (Å²) in [5.41, 5.74) is 0.607. The summed E-state index contributed by atoms with van der Waals surface area (Å²) in [7, 11) is 1.82. The van der Waals surface area contributed by atoms with Gasteiger partial charge < -0.3 is 14.6 Å². The molecule has 0 unspecified atom stereocenters. The Bertz CT molecular complexity index is 913. The molecule has 2 aromatic carbocycles. The van der Waals surface area contributed by atoms with Crippen molar-refractivity contribution in [2.45, 2.75) is 6.04 Å². The highest BCUT2D eigenvalue weighted by Crippen LogP contribution is 2.21. The summed E-state index contributed by atoms with van der Waals surface area (Å²) in [6.07, 6.45) is 3.40. The topological polar surface area (TPSA) is 56.2 Å². The van der Waals surface area contributed by atoms with Crippen LogP contribution in [-0.2, 0) is 11.8 Å². The van der Waals surface area contributed by atoms with E-state index in [2.05, 4.69) is 26.2 Å². The maximum Gasteiger partial charge on any atom is 0.258 e. The van der Waals surface area contributed by atoms with Gasteiger partial charge in [0.15, 0.2) is 6.61 Å². The third-order valence-corrected chi connectivity index (χ3v) is 4.26. The molecular weight excluding hydrogens is 401 g/mol. The van der Waals surface area contributed by atoms with Gasteiger partial charge >= 0.3 is 0 Å². The van der Waals surface area contributed by atoms with Gasteiger partial charge in [0.1, 0.15) is 23.4 Å². The molecule has 1 atom stereocenters. The average molecular weight is 418 g/mol. The lowest BCUT2D eigenvalue weighted by atomic mass is 10.1. The minimum atomic E-state index is -0.579. The third-order valence-electron chi connectivity index (χ3n) is 3.77. The highest BCUT2D eigenvalue weighted by molar-refractivity contribution is 9.10. The maximum atomic E-state index is 13.6. The second-order valence-electron chi connectivity index (χ2n) is 5.70. The molecule has 3 aromatic rings. The molecule has 5 nitrogen and oxygen atoms in total. The molecule has 3 rings (SSSR count). The van der Waals surface area contributed by atoms with E-state index in [0.29, 0.717) is 17.1 Å². The largest absolute Gasteiger partial charge is 0.484 e. The Labute approximate surface area is 159 Å². The Morgan fingerprint density at radius 1 is 1.31 bits per heavy atom. The number of hydrogen-bond acceptors (Lipinski definition) is 3. The number of aromatic nitrogens is 2. The lowest BCUT2D eigenvalue weighted by Crippen LogP contribution is -2.34. The summed E-state index contributed by atoms with van der Waals surface area (Å²) >= 11 is 3.35. The van der Waals surface area contributed by atoms with Crippen LogP contribution < -0.4 is 10.1 Å². The first kappa shape index (κ1) is 18.1. The molecule has 0 radical (unpaired) electrons. The van der Waals surface area contributed by atoms with E-state index in [-0.39, 0.29) is 18.3 Å². The Hall–Kier alpha value is -2.67. The average Bonchev–Trinajstić information content (AvgIpc) is 3.04. The Kier molecular flexibility index (Phi) is 5.68. The van der Waals surface area contributed by atoms with E-state index in [1.54, 1.807) is 41.2 Å². The van der Waals surface area contributed by atoms with E-state index in [4.69, 9.17) is 4.74 Å². The molecule has 0 aliphatic rings. The van der Waals surface area contributed by atoms with E-state index >= 15 is 0 Å². The monoisotopic (exact) mass is 417 g/mol. The Morgan fingerprint density at radius 3 is 2.81 bits per heavy atom. The van der Waals surface area contributed by atoms with Crippen LogP contribution in [0.2, 0.25) is 0 Å².